The monoisotopic (exact) mass is 264 g/mol. The van der Waals surface area contributed by atoms with Crippen LogP contribution in [-0.2, 0) is 4.79 Å². The molecule has 4 N–H and O–H groups in total. The number of aryl methyl sites for hydroxylation is 1. The Balaban J connectivity index is 2.07. The summed E-state index contributed by atoms with van der Waals surface area (Å²) in [4.78, 5) is 22.7. The third-order valence-electron chi connectivity index (χ3n) is 3.16. The number of hydrogen-bond acceptors (Lipinski definition) is 4. The van der Waals surface area contributed by atoms with Gasteiger partial charge in [0.2, 0.25) is 5.91 Å². The second kappa shape index (κ2) is 5.38. The second-order valence-electron chi connectivity index (χ2n) is 4.67. The number of aliphatic hydroxyl groups excluding tert-OH is 1. The van der Waals surface area contributed by atoms with E-state index in [9.17, 15) is 14.7 Å². The number of carboxylic acid groups (broad SMARTS) is 1. The molecule has 6 heteroatoms. The van der Waals surface area contributed by atoms with Crippen molar-refractivity contribution in [3.05, 3.63) is 29.3 Å². The van der Waals surface area contributed by atoms with E-state index in [1.165, 1.54) is 12.1 Å². The molecule has 0 spiro atoms. The maximum Gasteiger partial charge on any atom is 0.335 e. The van der Waals surface area contributed by atoms with Crippen molar-refractivity contribution >= 4 is 17.6 Å². The number of rotatable bonds is 3. The van der Waals surface area contributed by atoms with E-state index in [4.69, 9.17) is 5.11 Å². The zero-order valence-electron chi connectivity index (χ0n) is 10.5. The Labute approximate surface area is 110 Å². The molecule has 1 heterocycles. The standard InChI is InChI=1S/C13H16N2O4/c1-7-4-8(13(18)19)2-3-10(7)15-12(17)11-5-9(16)6-14-11/h2-4,9,11,14,16H,5-6H2,1H3,(H,15,17)(H,18,19). The highest BCUT2D eigenvalue weighted by atomic mass is 16.4. The third-order valence-corrected chi connectivity index (χ3v) is 3.16. The zero-order chi connectivity index (χ0) is 14.0. The number of nitrogens with one attached hydrogen (secondary N) is 2. The van der Waals surface area contributed by atoms with E-state index in [1.807, 2.05) is 0 Å². The molecule has 1 aromatic carbocycles. The van der Waals surface area contributed by atoms with Gasteiger partial charge in [0.1, 0.15) is 0 Å². The van der Waals surface area contributed by atoms with E-state index in [2.05, 4.69) is 10.6 Å². The highest BCUT2D eigenvalue weighted by Gasteiger charge is 2.28. The van der Waals surface area contributed by atoms with Crippen LogP contribution in [0, 0.1) is 6.92 Å². The first-order valence-corrected chi connectivity index (χ1v) is 6.03. The van der Waals surface area contributed by atoms with Gasteiger partial charge < -0.3 is 20.8 Å². The Morgan fingerprint density at radius 2 is 2.16 bits per heavy atom. The Hall–Kier alpha value is -1.92. The summed E-state index contributed by atoms with van der Waals surface area (Å²) in [7, 11) is 0. The molecule has 0 saturated carbocycles. The minimum atomic E-state index is -0.999. The predicted octanol–water partition coefficient (Wildman–Crippen LogP) is 0.355. The Kier molecular flexibility index (Phi) is 3.82. The number of amides is 1. The van der Waals surface area contributed by atoms with E-state index >= 15 is 0 Å². The molecule has 1 saturated heterocycles. The van der Waals surface area contributed by atoms with Gasteiger partial charge in [-0.1, -0.05) is 0 Å². The highest BCUT2D eigenvalue weighted by molar-refractivity contribution is 5.96. The van der Waals surface area contributed by atoms with Crippen LogP contribution in [0.3, 0.4) is 0 Å². The van der Waals surface area contributed by atoms with E-state index in [0.29, 0.717) is 24.2 Å². The lowest BCUT2D eigenvalue weighted by Gasteiger charge is -2.13. The van der Waals surface area contributed by atoms with Crippen LogP contribution >= 0.6 is 0 Å². The lowest BCUT2D eigenvalue weighted by molar-refractivity contribution is -0.117. The lowest BCUT2D eigenvalue weighted by Crippen LogP contribution is -2.35. The summed E-state index contributed by atoms with van der Waals surface area (Å²) in [5.74, 6) is -1.22. The number of hydrogen-bond donors (Lipinski definition) is 4. The lowest BCUT2D eigenvalue weighted by atomic mass is 10.1. The van der Waals surface area contributed by atoms with Gasteiger partial charge in [0.15, 0.2) is 0 Å². The average molecular weight is 264 g/mol. The summed E-state index contributed by atoms with van der Waals surface area (Å²) in [5.41, 5.74) is 1.45. The first-order chi connectivity index (χ1) is 8.97. The van der Waals surface area contributed by atoms with Gasteiger partial charge >= 0.3 is 5.97 Å². The molecule has 2 atom stereocenters. The van der Waals surface area contributed by atoms with Crippen LogP contribution in [0.25, 0.3) is 0 Å². The van der Waals surface area contributed by atoms with E-state index in [-0.39, 0.29) is 11.5 Å². The van der Waals surface area contributed by atoms with Crippen LogP contribution in [0.4, 0.5) is 5.69 Å². The van der Waals surface area contributed by atoms with Crippen LogP contribution in [0.1, 0.15) is 22.3 Å². The van der Waals surface area contributed by atoms with Gasteiger partial charge in [-0.15, -0.1) is 0 Å². The molecular weight excluding hydrogens is 248 g/mol. The number of carbonyl (C=O) groups excluding carboxylic acids is 1. The predicted molar refractivity (Wildman–Crippen MR) is 69.2 cm³/mol. The molecule has 0 aromatic heterocycles. The fraction of sp³-hybridized carbons (Fsp3) is 0.385. The smallest absolute Gasteiger partial charge is 0.335 e. The number of anilines is 1. The Morgan fingerprint density at radius 3 is 2.68 bits per heavy atom. The topological polar surface area (TPSA) is 98.7 Å². The van der Waals surface area contributed by atoms with Crippen molar-refractivity contribution in [1.82, 2.24) is 5.32 Å². The van der Waals surface area contributed by atoms with Gasteiger partial charge in [-0.2, -0.15) is 0 Å². The molecule has 2 rings (SSSR count). The molecule has 19 heavy (non-hydrogen) atoms. The highest BCUT2D eigenvalue weighted by Crippen LogP contribution is 2.18. The van der Waals surface area contributed by atoms with Crippen molar-refractivity contribution < 1.29 is 19.8 Å². The number of aromatic carboxylic acids is 1. The molecular formula is C13H16N2O4. The molecule has 2 unspecified atom stereocenters. The van der Waals surface area contributed by atoms with Crippen LogP contribution in [0.2, 0.25) is 0 Å². The van der Waals surface area contributed by atoms with Crippen molar-refractivity contribution in [2.24, 2.45) is 0 Å². The van der Waals surface area contributed by atoms with Crippen LogP contribution in [0.5, 0.6) is 0 Å². The quantitative estimate of drug-likeness (QED) is 0.631. The molecule has 1 aromatic rings. The van der Waals surface area contributed by atoms with Crippen LogP contribution in [0.15, 0.2) is 18.2 Å². The van der Waals surface area contributed by atoms with Gasteiger partial charge in [0.25, 0.3) is 0 Å². The summed E-state index contributed by atoms with van der Waals surface area (Å²) in [5, 5.41) is 23.9. The average Bonchev–Trinajstić information content (AvgIpc) is 2.78. The molecule has 1 amide bonds. The number of benzene rings is 1. The van der Waals surface area contributed by atoms with Crippen molar-refractivity contribution in [2.75, 3.05) is 11.9 Å². The fourth-order valence-electron chi connectivity index (χ4n) is 2.07. The number of carboxylic acids is 1. The minimum absolute atomic E-state index is 0.185. The summed E-state index contributed by atoms with van der Waals surface area (Å²) >= 11 is 0. The van der Waals surface area contributed by atoms with Gasteiger partial charge in [-0.25, -0.2) is 4.79 Å². The van der Waals surface area contributed by atoms with Crippen molar-refractivity contribution in [3.8, 4) is 0 Å². The van der Waals surface area contributed by atoms with Crippen molar-refractivity contribution in [1.29, 1.82) is 0 Å². The number of β-amino-alcohol motifs (C(OH)–C–C–N with tert-alkyl or cyclic N) is 1. The molecule has 0 aliphatic carbocycles. The maximum absolute atomic E-state index is 11.9. The summed E-state index contributed by atoms with van der Waals surface area (Å²) in [6, 6.07) is 4.12. The fourth-order valence-corrected chi connectivity index (χ4v) is 2.07. The summed E-state index contributed by atoms with van der Waals surface area (Å²) in [6.45, 7) is 2.15. The zero-order valence-corrected chi connectivity index (χ0v) is 10.5. The largest absolute Gasteiger partial charge is 0.478 e. The van der Waals surface area contributed by atoms with Crippen LogP contribution < -0.4 is 10.6 Å². The maximum atomic E-state index is 11.9. The Morgan fingerprint density at radius 1 is 1.42 bits per heavy atom. The van der Waals surface area contributed by atoms with E-state index < -0.39 is 18.1 Å². The second-order valence-corrected chi connectivity index (χ2v) is 4.67. The normalized spacial score (nSPS) is 22.2. The molecule has 1 fully saturated rings. The molecule has 102 valence electrons. The molecule has 0 bridgehead atoms. The molecule has 1 aliphatic rings. The van der Waals surface area contributed by atoms with Crippen molar-refractivity contribution in [2.45, 2.75) is 25.5 Å². The minimum Gasteiger partial charge on any atom is -0.478 e. The molecule has 6 nitrogen and oxygen atoms in total. The summed E-state index contributed by atoms with van der Waals surface area (Å²) < 4.78 is 0. The SMILES string of the molecule is Cc1cc(C(=O)O)ccc1NC(=O)C1CC(O)CN1. The first-order valence-electron chi connectivity index (χ1n) is 6.03. The number of carbonyl (C=O) groups is 2. The van der Waals surface area contributed by atoms with Crippen LogP contribution in [-0.4, -0.2) is 40.8 Å². The Bertz CT molecular complexity index is 515. The first kappa shape index (κ1) is 13.5. The van der Waals surface area contributed by atoms with Crippen molar-refractivity contribution in [3.63, 3.8) is 0 Å². The summed E-state index contributed by atoms with van der Waals surface area (Å²) in [6.07, 6.45) is -0.107. The molecule has 0 radical (unpaired) electrons. The van der Waals surface area contributed by atoms with E-state index in [1.54, 1.807) is 13.0 Å². The third kappa shape index (κ3) is 3.10. The van der Waals surface area contributed by atoms with E-state index in [0.717, 1.165) is 0 Å². The molecule has 1 aliphatic heterocycles. The van der Waals surface area contributed by atoms with Gasteiger partial charge in [-0.3, -0.25) is 4.79 Å². The van der Waals surface area contributed by atoms with Gasteiger partial charge in [-0.05, 0) is 37.1 Å². The van der Waals surface area contributed by atoms with Gasteiger partial charge in [0, 0.05) is 12.2 Å². The van der Waals surface area contributed by atoms with Gasteiger partial charge in [0.05, 0.1) is 17.7 Å². The number of aliphatic hydroxyl groups is 1.